The Morgan fingerprint density at radius 2 is 1.89 bits per heavy atom. The molecule has 0 aliphatic rings. The number of carbonyl (C=O) groups excluding carboxylic acids is 2. The van der Waals surface area contributed by atoms with E-state index in [2.05, 4.69) is 4.74 Å². The van der Waals surface area contributed by atoms with Crippen molar-refractivity contribution in [3.63, 3.8) is 0 Å². The van der Waals surface area contributed by atoms with E-state index in [1.54, 1.807) is 36.4 Å². The van der Waals surface area contributed by atoms with Gasteiger partial charge in [0.05, 0.1) is 20.1 Å². The van der Waals surface area contributed by atoms with Crippen molar-refractivity contribution in [3.05, 3.63) is 41.5 Å². The summed E-state index contributed by atoms with van der Waals surface area (Å²) in [5.41, 5.74) is 1.48. The number of esters is 1. The van der Waals surface area contributed by atoms with E-state index in [-0.39, 0.29) is 31.2 Å². The van der Waals surface area contributed by atoms with Crippen LogP contribution in [0.15, 0.2) is 30.3 Å². The third-order valence-corrected chi connectivity index (χ3v) is 2.43. The normalized spacial score (nSPS) is 10.6. The van der Waals surface area contributed by atoms with Crippen molar-refractivity contribution in [3.8, 4) is 0 Å². The van der Waals surface area contributed by atoms with Crippen molar-refractivity contribution in [2.45, 2.75) is 12.8 Å². The van der Waals surface area contributed by atoms with Crippen LogP contribution >= 0.6 is 0 Å². The highest BCUT2D eigenvalue weighted by Crippen LogP contribution is 2.09. The molecule has 1 N–H and O–H groups in total. The molecule has 4 heteroatoms. The molecular weight excluding hydrogens is 232 g/mol. The van der Waals surface area contributed by atoms with Gasteiger partial charge in [-0.1, -0.05) is 36.4 Å². The first-order chi connectivity index (χ1) is 8.67. The van der Waals surface area contributed by atoms with Crippen LogP contribution in [0.2, 0.25) is 0 Å². The van der Waals surface area contributed by atoms with Gasteiger partial charge in [0.15, 0.2) is 5.78 Å². The number of Topliss-reactive ketones (excluding diaryl/α,β-unsaturated/α-hetero) is 1. The van der Waals surface area contributed by atoms with Crippen molar-refractivity contribution < 1.29 is 19.4 Å². The fourth-order valence-corrected chi connectivity index (χ4v) is 1.43. The summed E-state index contributed by atoms with van der Waals surface area (Å²) in [6.45, 7) is -0.0141. The minimum atomic E-state index is -0.383. The summed E-state index contributed by atoms with van der Waals surface area (Å²) in [5.74, 6) is -0.469. The lowest BCUT2D eigenvalue weighted by Crippen LogP contribution is -2.05. The molecule has 0 aliphatic carbocycles. The molecule has 0 spiro atoms. The van der Waals surface area contributed by atoms with E-state index in [0.717, 1.165) is 5.56 Å². The van der Waals surface area contributed by atoms with Gasteiger partial charge in [-0.2, -0.15) is 0 Å². The topological polar surface area (TPSA) is 63.6 Å². The molecule has 0 atom stereocenters. The van der Waals surface area contributed by atoms with Gasteiger partial charge < -0.3 is 9.84 Å². The first-order valence-corrected chi connectivity index (χ1v) is 5.65. The molecule has 0 aromatic heterocycles. The molecule has 4 nitrogen and oxygen atoms in total. The standard InChI is InChI=1S/C14H16O4/c1-18-14(17)9-8-13(16)12-6-4-11(5-7-12)3-2-10-15/h2-7,15H,8-10H2,1H3. The zero-order valence-corrected chi connectivity index (χ0v) is 10.3. The van der Waals surface area contributed by atoms with Crippen LogP contribution in [-0.2, 0) is 9.53 Å². The maximum absolute atomic E-state index is 11.7. The van der Waals surface area contributed by atoms with Crippen LogP contribution in [0.5, 0.6) is 0 Å². The van der Waals surface area contributed by atoms with Crippen LogP contribution in [-0.4, -0.2) is 30.6 Å². The molecule has 96 valence electrons. The summed E-state index contributed by atoms with van der Waals surface area (Å²) in [6.07, 6.45) is 3.64. The van der Waals surface area contributed by atoms with Crippen molar-refractivity contribution in [2.24, 2.45) is 0 Å². The summed E-state index contributed by atoms with van der Waals surface area (Å²) in [6, 6.07) is 6.99. The van der Waals surface area contributed by atoms with Crippen LogP contribution < -0.4 is 0 Å². The number of aliphatic hydroxyl groups is 1. The van der Waals surface area contributed by atoms with E-state index in [1.165, 1.54) is 7.11 Å². The Bertz CT molecular complexity index is 432. The number of rotatable bonds is 6. The highest BCUT2D eigenvalue weighted by molar-refractivity contribution is 5.97. The highest BCUT2D eigenvalue weighted by Gasteiger charge is 2.08. The lowest BCUT2D eigenvalue weighted by atomic mass is 10.0. The molecule has 0 unspecified atom stereocenters. The number of methoxy groups -OCH3 is 1. The van der Waals surface area contributed by atoms with Crippen LogP contribution in [0.25, 0.3) is 6.08 Å². The van der Waals surface area contributed by atoms with Gasteiger partial charge >= 0.3 is 5.97 Å². The number of hydrogen-bond donors (Lipinski definition) is 1. The van der Waals surface area contributed by atoms with Gasteiger partial charge in [0.1, 0.15) is 0 Å². The van der Waals surface area contributed by atoms with Crippen molar-refractivity contribution in [1.29, 1.82) is 0 Å². The number of carbonyl (C=O) groups is 2. The summed E-state index contributed by atoms with van der Waals surface area (Å²) >= 11 is 0. The molecule has 0 radical (unpaired) electrons. The number of hydrogen-bond acceptors (Lipinski definition) is 4. The Balaban J connectivity index is 2.59. The Kier molecular flexibility index (Phi) is 5.80. The number of benzene rings is 1. The predicted octanol–water partition coefficient (Wildman–Crippen LogP) is 1.83. The van der Waals surface area contributed by atoms with Crippen LogP contribution in [0.3, 0.4) is 0 Å². The average molecular weight is 248 g/mol. The highest BCUT2D eigenvalue weighted by atomic mass is 16.5. The van der Waals surface area contributed by atoms with Crippen LogP contribution in [0.1, 0.15) is 28.8 Å². The molecule has 0 amide bonds. The summed E-state index contributed by atoms with van der Waals surface area (Å²) in [7, 11) is 1.30. The third-order valence-electron chi connectivity index (χ3n) is 2.43. The Morgan fingerprint density at radius 3 is 2.44 bits per heavy atom. The van der Waals surface area contributed by atoms with Gasteiger partial charge in [-0.25, -0.2) is 0 Å². The Labute approximate surface area is 106 Å². The fraction of sp³-hybridized carbons (Fsp3) is 0.286. The summed E-state index contributed by atoms with van der Waals surface area (Å²) < 4.78 is 4.48. The molecule has 18 heavy (non-hydrogen) atoms. The van der Waals surface area contributed by atoms with Gasteiger partial charge in [-0.3, -0.25) is 9.59 Å². The molecule has 0 fully saturated rings. The maximum Gasteiger partial charge on any atom is 0.305 e. The molecule has 1 rings (SSSR count). The van der Waals surface area contributed by atoms with E-state index in [9.17, 15) is 9.59 Å². The zero-order valence-electron chi connectivity index (χ0n) is 10.3. The number of aliphatic hydroxyl groups excluding tert-OH is 1. The predicted molar refractivity (Wildman–Crippen MR) is 68.1 cm³/mol. The van der Waals surface area contributed by atoms with E-state index < -0.39 is 0 Å². The molecular formula is C14H16O4. The first-order valence-electron chi connectivity index (χ1n) is 5.65. The molecule has 0 aliphatic heterocycles. The molecule has 1 aromatic carbocycles. The third kappa shape index (κ3) is 4.51. The number of ether oxygens (including phenoxy) is 1. The monoisotopic (exact) mass is 248 g/mol. The number of ketones is 1. The Hall–Kier alpha value is -1.94. The SMILES string of the molecule is COC(=O)CCC(=O)c1ccc(C=CCO)cc1. The molecule has 0 bridgehead atoms. The van der Waals surface area contributed by atoms with Crippen molar-refractivity contribution in [1.82, 2.24) is 0 Å². The van der Waals surface area contributed by atoms with E-state index in [1.807, 2.05) is 0 Å². The average Bonchev–Trinajstić information content (AvgIpc) is 2.42. The zero-order chi connectivity index (χ0) is 13.4. The molecule has 0 saturated carbocycles. The second-order valence-electron chi connectivity index (χ2n) is 3.71. The lowest BCUT2D eigenvalue weighted by Gasteiger charge is -2.01. The minimum Gasteiger partial charge on any atom is -0.469 e. The van der Waals surface area contributed by atoms with Gasteiger partial charge in [0.25, 0.3) is 0 Å². The van der Waals surface area contributed by atoms with E-state index in [0.29, 0.717) is 5.56 Å². The van der Waals surface area contributed by atoms with Crippen LogP contribution in [0.4, 0.5) is 0 Å². The second kappa shape index (κ2) is 7.40. The van der Waals surface area contributed by atoms with E-state index in [4.69, 9.17) is 5.11 Å². The van der Waals surface area contributed by atoms with Crippen molar-refractivity contribution in [2.75, 3.05) is 13.7 Å². The summed E-state index contributed by atoms with van der Waals surface area (Å²) in [5, 5.41) is 8.63. The van der Waals surface area contributed by atoms with E-state index >= 15 is 0 Å². The minimum absolute atomic E-state index is 0.0141. The fourth-order valence-electron chi connectivity index (χ4n) is 1.43. The summed E-state index contributed by atoms with van der Waals surface area (Å²) in [4.78, 5) is 22.6. The van der Waals surface area contributed by atoms with Crippen molar-refractivity contribution >= 4 is 17.8 Å². The van der Waals surface area contributed by atoms with Gasteiger partial charge in [0.2, 0.25) is 0 Å². The Morgan fingerprint density at radius 1 is 1.22 bits per heavy atom. The first kappa shape index (κ1) is 14.1. The quantitative estimate of drug-likeness (QED) is 0.616. The van der Waals surface area contributed by atoms with Gasteiger partial charge in [-0.15, -0.1) is 0 Å². The second-order valence-corrected chi connectivity index (χ2v) is 3.71. The van der Waals surface area contributed by atoms with Gasteiger partial charge in [-0.05, 0) is 5.56 Å². The molecule has 0 saturated heterocycles. The smallest absolute Gasteiger partial charge is 0.305 e. The molecule has 1 aromatic rings. The largest absolute Gasteiger partial charge is 0.469 e. The lowest BCUT2D eigenvalue weighted by molar-refractivity contribution is -0.140. The molecule has 0 heterocycles. The maximum atomic E-state index is 11.7. The van der Waals surface area contributed by atoms with Crippen LogP contribution in [0, 0.1) is 0 Å². The van der Waals surface area contributed by atoms with Gasteiger partial charge in [0, 0.05) is 12.0 Å².